The second-order valence-electron chi connectivity index (χ2n) is 8.44. The van der Waals surface area contributed by atoms with Crippen molar-refractivity contribution in [3.8, 4) is 5.75 Å². The van der Waals surface area contributed by atoms with Crippen LogP contribution in [0.1, 0.15) is 18.1 Å². The third-order valence-corrected chi connectivity index (χ3v) is 8.00. The van der Waals surface area contributed by atoms with Crippen molar-refractivity contribution in [3.63, 3.8) is 0 Å². The van der Waals surface area contributed by atoms with Crippen molar-refractivity contribution in [1.82, 2.24) is 10.2 Å². The van der Waals surface area contributed by atoms with Gasteiger partial charge in [0.15, 0.2) is 0 Å². The predicted molar refractivity (Wildman–Crippen MR) is 144 cm³/mol. The number of ether oxygens (including phenoxy) is 1. The van der Waals surface area contributed by atoms with E-state index in [2.05, 4.69) is 5.32 Å². The summed E-state index contributed by atoms with van der Waals surface area (Å²) < 4.78 is 33.8. The molecule has 0 radical (unpaired) electrons. The third-order valence-electron chi connectivity index (χ3n) is 5.92. The zero-order valence-electron chi connectivity index (χ0n) is 21.1. The lowest BCUT2D eigenvalue weighted by molar-refractivity contribution is -0.139. The van der Waals surface area contributed by atoms with Crippen LogP contribution in [0.15, 0.2) is 77.7 Å². The molecule has 0 aliphatic rings. The van der Waals surface area contributed by atoms with Crippen molar-refractivity contribution >= 4 is 39.1 Å². The number of likely N-dealkylation sites (N-methyl/N-ethyl adjacent to an activating group) is 1. The molecule has 3 aromatic rings. The summed E-state index contributed by atoms with van der Waals surface area (Å²) >= 11 is 6.31. The number of carbonyl (C=O) groups is 2. The maximum Gasteiger partial charge on any atom is 0.264 e. The molecule has 3 aromatic carbocycles. The Balaban J connectivity index is 2.06. The van der Waals surface area contributed by atoms with E-state index in [1.165, 1.54) is 49.4 Å². The number of hydrogen-bond acceptors (Lipinski definition) is 5. The van der Waals surface area contributed by atoms with Crippen molar-refractivity contribution in [2.24, 2.45) is 0 Å². The molecular formula is C27H30ClN3O5S. The molecule has 3 rings (SSSR count). The summed E-state index contributed by atoms with van der Waals surface area (Å²) in [6, 6.07) is 19.2. The number of halogens is 1. The van der Waals surface area contributed by atoms with Crippen molar-refractivity contribution < 1.29 is 22.7 Å². The van der Waals surface area contributed by atoms with E-state index in [9.17, 15) is 18.0 Å². The van der Waals surface area contributed by atoms with Crippen LogP contribution in [-0.4, -0.2) is 51.9 Å². The summed E-state index contributed by atoms with van der Waals surface area (Å²) in [5.74, 6) is -0.560. The van der Waals surface area contributed by atoms with E-state index in [-0.39, 0.29) is 28.1 Å². The molecule has 1 atom stereocenters. The molecule has 0 saturated carbocycles. The fourth-order valence-corrected chi connectivity index (χ4v) is 5.41. The summed E-state index contributed by atoms with van der Waals surface area (Å²) in [4.78, 5) is 27.6. The lowest BCUT2D eigenvalue weighted by Gasteiger charge is -2.32. The first-order chi connectivity index (χ1) is 17.6. The van der Waals surface area contributed by atoms with Gasteiger partial charge in [-0.3, -0.25) is 13.9 Å². The van der Waals surface area contributed by atoms with Crippen LogP contribution in [0.2, 0.25) is 5.02 Å². The van der Waals surface area contributed by atoms with Gasteiger partial charge in [0.2, 0.25) is 11.8 Å². The Bertz CT molecular complexity index is 1350. The molecule has 8 nitrogen and oxygen atoms in total. The van der Waals surface area contributed by atoms with Crippen molar-refractivity contribution in [1.29, 1.82) is 0 Å². The maximum absolute atomic E-state index is 13.8. The highest BCUT2D eigenvalue weighted by atomic mass is 35.5. The van der Waals surface area contributed by atoms with Crippen LogP contribution in [0.5, 0.6) is 5.75 Å². The highest BCUT2D eigenvalue weighted by molar-refractivity contribution is 7.92. The van der Waals surface area contributed by atoms with Gasteiger partial charge in [0.1, 0.15) is 18.3 Å². The summed E-state index contributed by atoms with van der Waals surface area (Å²) in [6.07, 6.45) is 0. The molecule has 0 heterocycles. The van der Waals surface area contributed by atoms with E-state index in [1.807, 2.05) is 37.3 Å². The lowest BCUT2D eigenvalue weighted by atomic mass is 10.1. The van der Waals surface area contributed by atoms with Crippen LogP contribution >= 0.6 is 11.6 Å². The quantitative estimate of drug-likeness (QED) is 0.417. The number of nitrogens with one attached hydrogen (secondary N) is 1. The average Bonchev–Trinajstić information content (AvgIpc) is 2.90. The van der Waals surface area contributed by atoms with Gasteiger partial charge in [-0.05, 0) is 49.7 Å². The number of rotatable bonds is 10. The van der Waals surface area contributed by atoms with Crippen molar-refractivity contribution in [2.45, 2.75) is 31.3 Å². The Morgan fingerprint density at radius 2 is 1.68 bits per heavy atom. The Labute approximate surface area is 222 Å². The molecule has 1 N–H and O–H groups in total. The molecule has 10 heteroatoms. The van der Waals surface area contributed by atoms with Crippen LogP contribution in [0, 0.1) is 6.92 Å². The van der Waals surface area contributed by atoms with Gasteiger partial charge in [0.25, 0.3) is 10.0 Å². The number of hydrogen-bond donors (Lipinski definition) is 1. The van der Waals surface area contributed by atoms with Crippen LogP contribution in [0.25, 0.3) is 0 Å². The standard InChI is InChI=1S/C27H30ClN3O5S/c1-19-10-13-23(14-11-19)37(34,35)31(22-12-15-25(36-4)24(28)16-22)18-26(32)30(20(2)27(33)29-3)17-21-8-6-5-7-9-21/h5-16,20H,17-18H2,1-4H3,(H,29,33). The van der Waals surface area contributed by atoms with E-state index >= 15 is 0 Å². The maximum atomic E-state index is 13.8. The van der Waals surface area contributed by atoms with Crippen molar-refractivity contribution in [2.75, 3.05) is 25.0 Å². The van der Waals surface area contributed by atoms with Crippen molar-refractivity contribution in [3.05, 3.63) is 88.9 Å². The molecule has 0 aliphatic heterocycles. The number of benzene rings is 3. The minimum absolute atomic E-state index is 0.0202. The molecule has 0 aliphatic carbocycles. The summed E-state index contributed by atoms with van der Waals surface area (Å²) in [5.41, 5.74) is 1.88. The third kappa shape index (κ3) is 6.61. The second kappa shape index (κ2) is 12.1. The first-order valence-electron chi connectivity index (χ1n) is 11.6. The molecular weight excluding hydrogens is 514 g/mol. The first kappa shape index (κ1) is 28.0. The number of sulfonamides is 1. The van der Waals surface area contributed by atoms with E-state index in [1.54, 1.807) is 19.1 Å². The van der Waals surface area contributed by atoms with Crippen LogP contribution in [0.4, 0.5) is 5.69 Å². The predicted octanol–water partition coefficient (Wildman–Crippen LogP) is 4.02. The van der Waals surface area contributed by atoms with Crippen LogP contribution in [-0.2, 0) is 26.2 Å². The normalized spacial score (nSPS) is 11.9. The average molecular weight is 544 g/mol. The number of nitrogens with zero attached hydrogens (tertiary/aromatic N) is 2. The van der Waals surface area contributed by atoms with Crippen LogP contribution < -0.4 is 14.4 Å². The minimum Gasteiger partial charge on any atom is -0.495 e. The zero-order valence-corrected chi connectivity index (χ0v) is 22.7. The topological polar surface area (TPSA) is 96.0 Å². The van der Waals surface area contributed by atoms with Gasteiger partial charge in [-0.2, -0.15) is 0 Å². The minimum atomic E-state index is -4.17. The summed E-state index contributed by atoms with van der Waals surface area (Å²) in [5, 5.41) is 2.75. The molecule has 196 valence electrons. The summed E-state index contributed by atoms with van der Waals surface area (Å²) in [7, 11) is -1.24. The molecule has 0 spiro atoms. The Hall–Kier alpha value is -3.56. The number of carbonyl (C=O) groups excluding carboxylic acids is 2. The highest BCUT2D eigenvalue weighted by Gasteiger charge is 2.32. The van der Waals surface area contributed by atoms with E-state index in [0.717, 1.165) is 15.4 Å². The molecule has 37 heavy (non-hydrogen) atoms. The molecule has 1 unspecified atom stereocenters. The molecule has 0 aromatic heterocycles. The summed E-state index contributed by atoms with van der Waals surface area (Å²) in [6.45, 7) is 3.02. The second-order valence-corrected chi connectivity index (χ2v) is 10.7. The fraction of sp³-hybridized carbons (Fsp3) is 0.259. The number of aryl methyl sites for hydroxylation is 1. The van der Waals surface area contributed by atoms with Crippen LogP contribution in [0.3, 0.4) is 0 Å². The monoisotopic (exact) mass is 543 g/mol. The first-order valence-corrected chi connectivity index (χ1v) is 13.4. The van der Waals surface area contributed by atoms with Gasteiger partial charge < -0.3 is 15.0 Å². The highest BCUT2D eigenvalue weighted by Crippen LogP contribution is 2.32. The number of amides is 2. The molecule has 0 saturated heterocycles. The fourth-order valence-electron chi connectivity index (χ4n) is 3.75. The van der Waals surface area contributed by atoms with Gasteiger partial charge in [0, 0.05) is 13.6 Å². The van der Waals surface area contributed by atoms with E-state index < -0.39 is 28.5 Å². The smallest absolute Gasteiger partial charge is 0.264 e. The Morgan fingerprint density at radius 1 is 1.03 bits per heavy atom. The molecule has 0 bridgehead atoms. The molecule has 2 amide bonds. The lowest BCUT2D eigenvalue weighted by Crippen LogP contribution is -2.50. The van der Waals surface area contributed by atoms with Gasteiger partial charge in [-0.15, -0.1) is 0 Å². The zero-order chi connectivity index (χ0) is 27.2. The van der Waals surface area contributed by atoms with E-state index in [4.69, 9.17) is 16.3 Å². The Morgan fingerprint density at radius 3 is 2.24 bits per heavy atom. The van der Waals surface area contributed by atoms with Gasteiger partial charge in [-0.1, -0.05) is 59.6 Å². The largest absolute Gasteiger partial charge is 0.495 e. The van der Waals surface area contributed by atoms with Gasteiger partial charge >= 0.3 is 0 Å². The SMILES string of the molecule is CNC(=O)C(C)N(Cc1ccccc1)C(=O)CN(c1ccc(OC)c(Cl)c1)S(=O)(=O)c1ccc(C)cc1. The number of anilines is 1. The molecule has 0 fully saturated rings. The van der Waals surface area contributed by atoms with Gasteiger partial charge in [-0.25, -0.2) is 8.42 Å². The number of methoxy groups -OCH3 is 1. The Kier molecular flexibility index (Phi) is 9.18. The van der Waals surface area contributed by atoms with Gasteiger partial charge in [0.05, 0.1) is 22.7 Å². The van der Waals surface area contributed by atoms with E-state index in [0.29, 0.717) is 5.75 Å².